The van der Waals surface area contributed by atoms with Crippen LogP contribution in [-0.2, 0) is 0 Å². The second-order valence-electron chi connectivity index (χ2n) is 4.30. The minimum Gasteiger partial charge on any atom is -0.324 e. The summed E-state index contributed by atoms with van der Waals surface area (Å²) < 4.78 is 0. The molecule has 15 heavy (non-hydrogen) atoms. The molecule has 0 bridgehead atoms. The molecule has 1 nitrogen and oxygen atoms in total. The van der Waals surface area contributed by atoms with Gasteiger partial charge in [0.05, 0.1) is 0 Å². The maximum absolute atomic E-state index is 5.94. The fourth-order valence-corrected chi connectivity index (χ4v) is 1.85. The first kappa shape index (κ1) is 10.8. The first-order valence-electron chi connectivity index (χ1n) is 5.43. The zero-order chi connectivity index (χ0) is 10.8. The number of rotatable bonds is 3. The van der Waals surface area contributed by atoms with Gasteiger partial charge in [-0.2, -0.15) is 0 Å². The van der Waals surface area contributed by atoms with Gasteiger partial charge in [-0.1, -0.05) is 18.2 Å². The number of nitrogens with two attached hydrogens (primary N) is 1. The molecule has 0 spiro atoms. The smallest absolute Gasteiger partial charge is 0.0272 e. The van der Waals surface area contributed by atoms with Crippen LogP contribution in [0.25, 0.3) is 6.08 Å². The quantitative estimate of drug-likeness (QED) is 0.749. The molecule has 0 radical (unpaired) electrons. The summed E-state index contributed by atoms with van der Waals surface area (Å²) in [6.07, 6.45) is 7.17. The molecule has 1 aliphatic rings. The predicted octanol–water partition coefficient (Wildman–Crippen LogP) is 3.42. The largest absolute Gasteiger partial charge is 0.324 e. The van der Waals surface area contributed by atoms with Crippen molar-refractivity contribution in [1.82, 2.24) is 0 Å². The monoisotopic (exact) mass is 219 g/mol. The third-order valence-corrected chi connectivity index (χ3v) is 3.01. The third-order valence-electron chi connectivity index (χ3n) is 2.73. The van der Waals surface area contributed by atoms with Crippen molar-refractivity contribution in [3.63, 3.8) is 0 Å². The highest BCUT2D eigenvalue weighted by Crippen LogP contribution is 2.31. The molecule has 0 aliphatic heterocycles. The Morgan fingerprint density at radius 3 is 2.80 bits per heavy atom. The van der Waals surface area contributed by atoms with Crippen LogP contribution in [0.5, 0.6) is 0 Å². The van der Waals surface area contributed by atoms with E-state index in [4.69, 9.17) is 5.73 Å². The molecule has 1 fully saturated rings. The van der Waals surface area contributed by atoms with Crippen LogP contribution >= 0.6 is 12.6 Å². The molecule has 80 valence electrons. The zero-order valence-electron chi connectivity index (χ0n) is 8.98. The number of benzene rings is 1. The van der Waals surface area contributed by atoms with E-state index in [0.717, 1.165) is 10.8 Å². The van der Waals surface area contributed by atoms with Crippen LogP contribution in [0.2, 0.25) is 0 Å². The summed E-state index contributed by atoms with van der Waals surface area (Å²) in [6, 6.07) is 6.23. The van der Waals surface area contributed by atoms with Crippen molar-refractivity contribution in [3.05, 3.63) is 35.4 Å². The van der Waals surface area contributed by atoms with Crippen LogP contribution in [-0.4, -0.2) is 0 Å². The van der Waals surface area contributed by atoms with E-state index in [9.17, 15) is 0 Å². The van der Waals surface area contributed by atoms with Crippen molar-refractivity contribution < 1.29 is 0 Å². The van der Waals surface area contributed by atoms with Crippen molar-refractivity contribution in [3.8, 4) is 0 Å². The van der Waals surface area contributed by atoms with Gasteiger partial charge in [-0.25, -0.2) is 0 Å². The molecule has 1 aromatic carbocycles. The summed E-state index contributed by atoms with van der Waals surface area (Å²) in [5, 5.41) is 0. The maximum atomic E-state index is 5.94. The van der Waals surface area contributed by atoms with Crippen LogP contribution in [0, 0.1) is 5.92 Å². The van der Waals surface area contributed by atoms with Crippen molar-refractivity contribution in [2.75, 3.05) is 0 Å². The van der Waals surface area contributed by atoms with Gasteiger partial charge in [0.1, 0.15) is 0 Å². The average molecular weight is 219 g/mol. The van der Waals surface area contributed by atoms with Crippen molar-refractivity contribution >= 4 is 18.7 Å². The Labute approximate surface area is 96.8 Å². The maximum Gasteiger partial charge on any atom is 0.0272 e. The van der Waals surface area contributed by atoms with Gasteiger partial charge >= 0.3 is 0 Å². The number of hydrogen-bond acceptors (Lipinski definition) is 2. The highest BCUT2D eigenvalue weighted by molar-refractivity contribution is 7.80. The summed E-state index contributed by atoms with van der Waals surface area (Å²) in [6.45, 7) is 2.01. The molecule has 0 saturated heterocycles. The second-order valence-corrected chi connectivity index (χ2v) is 4.81. The second kappa shape index (κ2) is 4.42. The van der Waals surface area contributed by atoms with E-state index >= 15 is 0 Å². The minimum atomic E-state index is 0.0657. The molecule has 0 heterocycles. The molecule has 2 heteroatoms. The van der Waals surface area contributed by atoms with Gasteiger partial charge < -0.3 is 5.73 Å². The molecule has 1 saturated carbocycles. The van der Waals surface area contributed by atoms with Gasteiger partial charge in [-0.3, -0.25) is 0 Å². The molecule has 0 amide bonds. The van der Waals surface area contributed by atoms with Gasteiger partial charge in [0, 0.05) is 10.9 Å². The lowest BCUT2D eigenvalue weighted by molar-refractivity contribution is 0.812. The van der Waals surface area contributed by atoms with Gasteiger partial charge in [0.15, 0.2) is 0 Å². The van der Waals surface area contributed by atoms with Crippen molar-refractivity contribution in [2.45, 2.75) is 30.7 Å². The molecule has 2 rings (SSSR count). The predicted molar refractivity (Wildman–Crippen MR) is 68.1 cm³/mol. The average Bonchev–Trinajstić information content (AvgIpc) is 2.99. The van der Waals surface area contributed by atoms with Crippen LogP contribution in [0.3, 0.4) is 0 Å². The first-order chi connectivity index (χ1) is 7.16. The normalized spacial score (nSPS) is 18.3. The molecule has 0 unspecified atom stereocenters. The lowest BCUT2D eigenvalue weighted by Crippen LogP contribution is -2.06. The Hall–Kier alpha value is -0.730. The van der Waals surface area contributed by atoms with Crippen LogP contribution < -0.4 is 5.73 Å². The van der Waals surface area contributed by atoms with Crippen LogP contribution in [0.4, 0.5) is 0 Å². The molecule has 2 N–H and O–H groups in total. The third kappa shape index (κ3) is 2.86. The standard InChI is InChI=1S/C13H17NS/c1-9(14)13-8-12(15)7-6-11(13)5-4-10-2-3-10/h4-10,15H,2-3,14H2,1H3/b5-4+/t9-/m1/s1. The zero-order valence-corrected chi connectivity index (χ0v) is 9.87. The van der Waals surface area contributed by atoms with Gasteiger partial charge in [-0.15, -0.1) is 12.6 Å². The summed E-state index contributed by atoms with van der Waals surface area (Å²) >= 11 is 4.34. The Morgan fingerprint density at radius 1 is 1.47 bits per heavy atom. The molecule has 1 aromatic rings. The fraction of sp³-hybridized carbons (Fsp3) is 0.385. The Morgan fingerprint density at radius 2 is 2.20 bits per heavy atom. The van der Waals surface area contributed by atoms with E-state index in [2.05, 4.69) is 36.9 Å². The Kier molecular flexibility index (Phi) is 3.17. The van der Waals surface area contributed by atoms with E-state index in [0.29, 0.717) is 0 Å². The van der Waals surface area contributed by atoms with E-state index in [1.807, 2.05) is 13.0 Å². The number of hydrogen-bond donors (Lipinski definition) is 2. The van der Waals surface area contributed by atoms with Gasteiger partial charge in [0.25, 0.3) is 0 Å². The number of thiol groups is 1. The summed E-state index contributed by atoms with van der Waals surface area (Å²) in [5.74, 6) is 0.807. The van der Waals surface area contributed by atoms with Gasteiger partial charge in [-0.05, 0) is 48.9 Å². The summed E-state index contributed by atoms with van der Waals surface area (Å²) in [4.78, 5) is 0.978. The molecular weight excluding hydrogens is 202 g/mol. The number of allylic oxidation sites excluding steroid dienone is 1. The van der Waals surface area contributed by atoms with Crippen LogP contribution in [0.1, 0.15) is 36.9 Å². The molecule has 1 atom stereocenters. The molecular formula is C13H17NS. The SMILES string of the molecule is C[C@@H](N)c1cc(S)ccc1/C=C/C1CC1. The van der Waals surface area contributed by atoms with Gasteiger partial charge in [0.2, 0.25) is 0 Å². The van der Waals surface area contributed by atoms with Crippen LogP contribution in [0.15, 0.2) is 29.2 Å². The van der Waals surface area contributed by atoms with Crippen molar-refractivity contribution in [2.24, 2.45) is 11.7 Å². The topological polar surface area (TPSA) is 26.0 Å². The Bertz CT molecular complexity index is 378. The minimum absolute atomic E-state index is 0.0657. The lowest BCUT2D eigenvalue weighted by Gasteiger charge is -2.10. The summed E-state index contributed by atoms with van der Waals surface area (Å²) in [7, 11) is 0. The Balaban J connectivity index is 2.27. The molecule has 0 aromatic heterocycles. The van der Waals surface area contributed by atoms with Crippen molar-refractivity contribution in [1.29, 1.82) is 0 Å². The lowest BCUT2D eigenvalue weighted by atomic mass is 10.0. The first-order valence-corrected chi connectivity index (χ1v) is 5.88. The van der Waals surface area contributed by atoms with E-state index in [1.165, 1.54) is 24.0 Å². The van der Waals surface area contributed by atoms with E-state index in [1.54, 1.807) is 0 Å². The highest BCUT2D eigenvalue weighted by Gasteiger charge is 2.17. The molecule has 1 aliphatic carbocycles. The summed E-state index contributed by atoms with van der Waals surface area (Å²) in [5.41, 5.74) is 8.35. The highest BCUT2D eigenvalue weighted by atomic mass is 32.1. The van der Waals surface area contributed by atoms with E-state index in [-0.39, 0.29) is 6.04 Å². The fourth-order valence-electron chi connectivity index (χ4n) is 1.64. The van der Waals surface area contributed by atoms with E-state index < -0.39 is 0 Å².